The number of rotatable bonds is 4. The average molecular weight is 454 g/mol. The van der Waals surface area contributed by atoms with Crippen molar-refractivity contribution in [3.63, 3.8) is 0 Å². The van der Waals surface area contributed by atoms with Gasteiger partial charge in [-0.25, -0.2) is 18.2 Å². The van der Waals surface area contributed by atoms with Crippen molar-refractivity contribution in [3.8, 4) is 5.88 Å². The van der Waals surface area contributed by atoms with Gasteiger partial charge in [0.05, 0.1) is 12.2 Å². The Morgan fingerprint density at radius 1 is 1.21 bits per heavy atom. The van der Waals surface area contributed by atoms with E-state index in [1.165, 1.54) is 12.3 Å². The van der Waals surface area contributed by atoms with E-state index >= 15 is 0 Å². The van der Waals surface area contributed by atoms with Gasteiger partial charge in [-0.15, -0.1) is 0 Å². The van der Waals surface area contributed by atoms with Crippen LogP contribution in [-0.2, 0) is 11.1 Å². The van der Waals surface area contributed by atoms with Crippen LogP contribution in [0.5, 0.6) is 5.88 Å². The fourth-order valence-corrected chi connectivity index (χ4v) is 5.73. The van der Waals surface area contributed by atoms with Gasteiger partial charge < -0.3 is 15.0 Å². The van der Waals surface area contributed by atoms with Gasteiger partial charge in [-0.05, 0) is 31.6 Å². The van der Waals surface area contributed by atoms with E-state index < -0.39 is 39.4 Å². The Labute approximate surface area is 173 Å². The van der Waals surface area contributed by atoms with Gasteiger partial charge in [-0.1, -0.05) is 22.7 Å². The molecule has 4 aliphatic rings. The molecule has 11 heteroatoms. The lowest BCUT2D eigenvalue weighted by molar-refractivity contribution is -0.223. The van der Waals surface area contributed by atoms with Crippen LogP contribution < -0.4 is 10.5 Å². The molecule has 0 aliphatic heterocycles. The maximum absolute atomic E-state index is 14.9. The van der Waals surface area contributed by atoms with Crippen molar-refractivity contribution in [2.75, 3.05) is 12.9 Å². The summed E-state index contributed by atoms with van der Waals surface area (Å²) < 4.78 is 68.4. The summed E-state index contributed by atoms with van der Waals surface area (Å²) in [5.41, 5.74) is -1.12. The largest absolute Gasteiger partial charge is 0.773 e. The lowest BCUT2D eigenvalue weighted by Gasteiger charge is -2.62. The zero-order valence-corrected chi connectivity index (χ0v) is 17.3. The predicted molar refractivity (Wildman–Crippen MR) is 99.8 cm³/mol. The highest BCUT2D eigenvalue weighted by Crippen LogP contribution is 2.68. The number of ether oxygens (including phenoxy) is 1. The van der Waals surface area contributed by atoms with Gasteiger partial charge in [0.15, 0.2) is 0 Å². The van der Waals surface area contributed by atoms with E-state index in [2.05, 4.69) is 4.98 Å². The van der Waals surface area contributed by atoms with E-state index in [0.29, 0.717) is 0 Å². The fraction of sp³-hybridized carbons (Fsp3) is 0.667. The predicted octanol–water partition coefficient (Wildman–Crippen LogP) is 3.20. The lowest BCUT2D eigenvalue weighted by Crippen LogP contribution is -2.66. The van der Waals surface area contributed by atoms with Crippen molar-refractivity contribution in [1.82, 2.24) is 4.98 Å². The Hall–Kier alpha value is -1.39. The molecule has 4 bridgehead atoms. The molecule has 0 saturated heterocycles. The van der Waals surface area contributed by atoms with Crippen molar-refractivity contribution >= 4 is 28.6 Å². The molecular weight excluding hydrogens is 433 g/mol. The highest BCUT2D eigenvalue weighted by atomic mass is 35.5. The number of pyridine rings is 1. The third-order valence-corrected chi connectivity index (χ3v) is 5.85. The summed E-state index contributed by atoms with van der Waals surface area (Å²) in [6.45, 7) is -0.0708. The van der Waals surface area contributed by atoms with Gasteiger partial charge in [0, 0.05) is 30.9 Å². The molecule has 162 valence electrons. The lowest BCUT2D eigenvalue weighted by atomic mass is 9.46. The first kappa shape index (κ1) is 22.3. The number of alkyl halides is 3. The second kappa shape index (κ2) is 7.39. The van der Waals surface area contributed by atoms with Gasteiger partial charge in [0.1, 0.15) is 22.0 Å². The molecule has 1 unspecified atom stereocenters. The van der Waals surface area contributed by atoms with Gasteiger partial charge in [0.2, 0.25) is 11.8 Å². The van der Waals surface area contributed by atoms with Gasteiger partial charge >= 0.3 is 0 Å². The van der Waals surface area contributed by atoms with Crippen LogP contribution in [0.1, 0.15) is 48.9 Å². The third kappa shape index (κ3) is 4.86. The summed E-state index contributed by atoms with van der Waals surface area (Å²) in [6.07, 6.45) is 1.82. The number of halogens is 4. The number of hydrogen-bond acceptors (Lipinski definition) is 5. The minimum Gasteiger partial charge on any atom is -0.773 e. The number of amides is 1. The number of nitrogens with zero attached hydrogens (tertiary/aromatic N) is 1. The Morgan fingerprint density at radius 2 is 1.66 bits per heavy atom. The van der Waals surface area contributed by atoms with Crippen LogP contribution in [0.3, 0.4) is 0 Å². The zero-order chi connectivity index (χ0) is 21.7. The second-order valence-corrected chi connectivity index (χ2v) is 9.79. The van der Waals surface area contributed by atoms with E-state index in [0.717, 1.165) is 6.26 Å². The summed E-state index contributed by atoms with van der Waals surface area (Å²) in [5.74, 6) is -0.642. The number of carbonyl (C=O) groups is 1. The highest BCUT2D eigenvalue weighted by molar-refractivity contribution is 7.78. The summed E-state index contributed by atoms with van der Waals surface area (Å²) in [6, 6.07) is 1.32. The van der Waals surface area contributed by atoms with Crippen LogP contribution in [0, 0.1) is 5.41 Å². The van der Waals surface area contributed by atoms with Crippen molar-refractivity contribution in [1.29, 1.82) is 0 Å². The molecule has 4 saturated carbocycles. The maximum Gasteiger partial charge on any atom is 0.250 e. The fourth-order valence-electron chi connectivity index (χ4n) is 5.51. The topological polar surface area (TPSA) is 105 Å². The van der Waals surface area contributed by atoms with Crippen molar-refractivity contribution in [2.24, 2.45) is 11.1 Å². The maximum atomic E-state index is 14.9. The smallest absolute Gasteiger partial charge is 0.250 e. The number of aromatic nitrogens is 1. The molecule has 0 spiro atoms. The minimum absolute atomic E-state index is 0.0381. The Balaban J connectivity index is 0.000000552. The second-order valence-electron chi connectivity index (χ2n) is 8.58. The van der Waals surface area contributed by atoms with Crippen LogP contribution in [0.15, 0.2) is 12.3 Å². The van der Waals surface area contributed by atoms with Gasteiger partial charge in [0.25, 0.3) is 0 Å². The van der Waals surface area contributed by atoms with E-state index in [-0.39, 0.29) is 61.6 Å². The Bertz CT molecular complexity index is 801. The Morgan fingerprint density at radius 3 is 2.03 bits per heavy atom. The quantitative estimate of drug-likeness (QED) is 0.705. The van der Waals surface area contributed by atoms with Crippen LogP contribution in [0.4, 0.5) is 13.2 Å². The molecule has 4 fully saturated rings. The molecule has 6 nitrogen and oxygen atoms in total. The van der Waals surface area contributed by atoms with Crippen LogP contribution in [0.2, 0.25) is 5.02 Å². The molecule has 0 radical (unpaired) electrons. The van der Waals surface area contributed by atoms with Gasteiger partial charge in [-0.3, -0.25) is 9.00 Å². The number of primary amides is 1. The van der Waals surface area contributed by atoms with Crippen LogP contribution in [-0.4, -0.2) is 49.5 Å². The van der Waals surface area contributed by atoms with E-state index in [1.807, 2.05) is 0 Å². The van der Waals surface area contributed by atoms with Gasteiger partial charge in [-0.2, -0.15) is 0 Å². The van der Waals surface area contributed by atoms with Crippen LogP contribution in [0.25, 0.3) is 0 Å². The van der Waals surface area contributed by atoms with E-state index in [4.69, 9.17) is 30.8 Å². The molecule has 0 aromatic carbocycles. The average Bonchev–Trinajstić information content (AvgIpc) is 2.48. The summed E-state index contributed by atoms with van der Waals surface area (Å²) in [4.78, 5) is 15.0. The first-order chi connectivity index (χ1) is 13.3. The Kier molecular flexibility index (Phi) is 5.68. The molecule has 1 aromatic heterocycles. The number of nitrogens with two attached hydrogens (primary N) is 1. The molecule has 1 amide bonds. The van der Waals surface area contributed by atoms with Crippen molar-refractivity contribution < 1.29 is 31.5 Å². The molecular formula is C18H21ClF3N2O4S-. The monoisotopic (exact) mass is 453 g/mol. The van der Waals surface area contributed by atoms with E-state index in [1.54, 1.807) is 0 Å². The first-order valence-corrected chi connectivity index (χ1v) is 10.8. The first-order valence-electron chi connectivity index (χ1n) is 8.93. The standard InChI is InChI=1S/C17H18ClF3N2O2.CH4O2S/c18-11-1-10(12(22)24)2-23-13(11)25-9-14-3-15(19)6-16(20,4-14)8-17(21,5-14)7-15;1-4(2)3/h1-2H,3-9H2,(H2,22,24);1H3,(H,2,3)/p-1. The molecule has 2 N–H and O–H groups in total. The normalized spacial score (nSPS) is 38.1. The number of carbonyl (C=O) groups excluding carboxylic acids is 1. The molecule has 1 heterocycles. The molecule has 5 rings (SSSR count). The van der Waals surface area contributed by atoms with Crippen molar-refractivity contribution in [2.45, 2.75) is 55.5 Å². The third-order valence-electron chi connectivity index (χ3n) is 5.58. The summed E-state index contributed by atoms with van der Waals surface area (Å²) >= 11 is 4.16. The number of hydrogen-bond donors (Lipinski definition) is 1. The molecule has 1 atom stereocenters. The molecule has 1 aromatic rings. The molecule has 4 aliphatic carbocycles. The summed E-state index contributed by atoms with van der Waals surface area (Å²) in [7, 11) is 0. The van der Waals surface area contributed by atoms with E-state index in [9.17, 15) is 18.0 Å². The SMILES string of the molecule is CS(=O)[O-].NC(=O)c1cnc(OCC23CC4(F)CC(F)(CC(F)(C4)C2)C3)c(Cl)c1. The van der Waals surface area contributed by atoms with Crippen molar-refractivity contribution in [3.05, 3.63) is 22.8 Å². The zero-order valence-electron chi connectivity index (χ0n) is 15.7. The highest BCUT2D eigenvalue weighted by Gasteiger charge is 2.70. The van der Waals surface area contributed by atoms with Crippen LogP contribution >= 0.6 is 11.6 Å². The minimum atomic E-state index is -1.86. The molecule has 29 heavy (non-hydrogen) atoms. The summed E-state index contributed by atoms with van der Waals surface area (Å²) in [5, 5.41) is 0.0703.